The molecule has 0 spiro atoms. The molecule has 0 aromatic rings. The van der Waals surface area contributed by atoms with Crippen LogP contribution in [0.25, 0.3) is 0 Å². The van der Waals surface area contributed by atoms with Crippen LogP contribution in [0.2, 0.25) is 0 Å². The molecular weight excluding hydrogens is 408 g/mol. The number of carbonyl (C=O) groups is 1. The average Bonchev–Trinajstić information content (AvgIpc) is 2.67. The van der Waals surface area contributed by atoms with E-state index in [4.69, 9.17) is 0 Å². The second-order valence-electron chi connectivity index (χ2n) is 15.2. The predicted octanol–water partition coefficient (Wildman–Crippen LogP) is 6.32. The number of hydrogen-bond acceptors (Lipinski definition) is 3. The molecule has 5 aliphatic carbocycles. The summed E-state index contributed by atoms with van der Waals surface area (Å²) in [4.78, 5) is 12.9. The zero-order valence-electron chi connectivity index (χ0n) is 22.4. The van der Waals surface area contributed by atoms with Gasteiger partial charge in [0.25, 0.3) is 0 Å². The second-order valence-corrected chi connectivity index (χ2v) is 15.2. The van der Waals surface area contributed by atoms with Gasteiger partial charge in [0.05, 0.1) is 12.2 Å². The molecule has 9 unspecified atom stereocenters. The van der Waals surface area contributed by atoms with Gasteiger partial charge in [-0.3, -0.25) is 4.79 Å². The number of rotatable bonds is 0. The number of fused-ring (bicyclic) bond motifs is 7. The summed E-state index contributed by atoms with van der Waals surface area (Å²) in [7, 11) is 0. The van der Waals surface area contributed by atoms with Gasteiger partial charge in [-0.2, -0.15) is 0 Å². The van der Waals surface area contributed by atoms with E-state index < -0.39 is 11.5 Å². The molecule has 2 N–H and O–H groups in total. The number of allylic oxidation sites excluding steroid dienone is 2. The quantitative estimate of drug-likeness (QED) is 0.419. The Morgan fingerprint density at radius 3 is 2.18 bits per heavy atom. The van der Waals surface area contributed by atoms with Gasteiger partial charge in [-0.15, -0.1) is 0 Å². The van der Waals surface area contributed by atoms with Crippen LogP contribution in [-0.2, 0) is 4.79 Å². The van der Waals surface area contributed by atoms with E-state index in [2.05, 4.69) is 61.5 Å². The Bertz CT molecular complexity index is 900. The molecule has 9 atom stereocenters. The number of hydrogen-bond donors (Lipinski definition) is 2. The van der Waals surface area contributed by atoms with Gasteiger partial charge < -0.3 is 10.2 Å². The van der Waals surface area contributed by atoms with E-state index >= 15 is 0 Å². The third-order valence-corrected chi connectivity index (χ3v) is 12.8. The van der Waals surface area contributed by atoms with Crippen molar-refractivity contribution in [2.75, 3.05) is 0 Å². The zero-order valence-corrected chi connectivity index (χ0v) is 22.4. The highest BCUT2D eigenvalue weighted by Gasteiger charge is 2.71. The normalized spacial score (nSPS) is 54.9. The topological polar surface area (TPSA) is 57.5 Å². The molecule has 0 aliphatic heterocycles. The van der Waals surface area contributed by atoms with Crippen molar-refractivity contribution in [2.45, 2.75) is 119 Å². The highest BCUT2D eigenvalue weighted by atomic mass is 16.3. The Balaban J connectivity index is 1.64. The van der Waals surface area contributed by atoms with Gasteiger partial charge in [0, 0.05) is 23.2 Å². The summed E-state index contributed by atoms with van der Waals surface area (Å²) in [5.41, 5.74) is 1.11. The Morgan fingerprint density at radius 2 is 1.52 bits per heavy atom. The first-order valence-corrected chi connectivity index (χ1v) is 13.6. The highest BCUT2D eigenvalue weighted by Crippen LogP contribution is 2.75. The van der Waals surface area contributed by atoms with E-state index in [1.807, 2.05) is 0 Å². The minimum absolute atomic E-state index is 0.00951. The Kier molecular flexibility index (Phi) is 4.92. The van der Waals surface area contributed by atoms with E-state index in [1.165, 1.54) is 6.42 Å². The molecule has 0 amide bonds. The number of carbonyl (C=O) groups excluding carboxylic acids is 1. The largest absolute Gasteiger partial charge is 0.393 e. The van der Waals surface area contributed by atoms with Crippen LogP contribution in [0, 0.1) is 50.2 Å². The van der Waals surface area contributed by atoms with Crippen LogP contribution in [0.3, 0.4) is 0 Å². The van der Waals surface area contributed by atoms with Gasteiger partial charge in [-0.05, 0) is 78.4 Å². The first-order valence-electron chi connectivity index (χ1n) is 13.6. The number of Topliss-reactive ketones (excluding diaryl/α,β-unsaturated/α-hetero) is 1. The van der Waals surface area contributed by atoms with Crippen LogP contribution >= 0.6 is 0 Å². The molecule has 4 fully saturated rings. The van der Waals surface area contributed by atoms with Crippen LogP contribution in [0.15, 0.2) is 11.6 Å². The van der Waals surface area contributed by atoms with Crippen molar-refractivity contribution in [3.05, 3.63) is 11.6 Å². The lowest BCUT2D eigenvalue weighted by molar-refractivity contribution is -0.227. The number of ketones is 1. The number of aliphatic hydroxyl groups excluding tert-OH is 2. The maximum atomic E-state index is 12.9. The van der Waals surface area contributed by atoms with Gasteiger partial charge in [-0.1, -0.05) is 67.0 Å². The van der Waals surface area contributed by atoms with Gasteiger partial charge in [0.1, 0.15) is 5.78 Å². The van der Waals surface area contributed by atoms with Gasteiger partial charge in [-0.25, -0.2) is 0 Å². The standard InChI is InChI=1S/C30H48O3/c1-25(2)13-14-27(5)19(15-25)18-9-10-21-28(6)12-11-22(32)26(3,4)24(28)20(31)16-30(21,8)29(18,7)17-23(27)33/h9,19-21,23-24,31,33H,10-17H2,1-8H3. The Morgan fingerprint density at radius 1 is 0.848 bits per heavy atom. The second kappa shape index (κ2) is 6.75. The van der Waals surface area contributed by atoms with E-state index in [0.29, 0.717) is 29.5 Å². The Hall–Kier alpha value is -0.670. The third kappa shape index (κ3) is 2.85. The lowest BCUT2D eigenvalue weighted by atomic mass is 9.33. The minimum atomic E-state index is -0.476. The van der Waals surface area contributed by atoms with Crippen molar-refractivity contribution >= 4 is 5.78 Å². The van der Waals surface area contributed by atoms with E-state index in [9.17, 15) is 15.0 Å². The molecule has 186 valence electrons. The van der Waals surface area contributed by atoms with E-state index in [1.54, 1.807) is 5.57 Å². The number of aliphatic hydroxyl groups is 2. The fourth-order valence-electron chi connectivity index (χ4n) is 10.6. The maximum absolute atomic E-state index is 12.9. The summed E-state index contributed by atoms with van der Waals surface area (Å²) in [6.45, 7) is 18.5. The van der Waals surface area contributed by atoms with Crippen molar-refractivity contribution in [2.24, 2.45) is 50.2 Å². The highest BCUT2D eigenvalue weighted by molar-refractivity contribution is 5.85. The molecule has 5 aliphatic rings. The van der Waals surface area contributed by atoms with Gasteiger partial charge >= 0.3 is 0 Å². The summed E-state index contributed by atoms with van der Waals surface area (Å²) in [6, 6.07) is 0. The molecule has 0 aromatic carbocycles. The first kappa shape index (κ1) is 24.0. The van der Waals surface area contributed by atoms with Crippen LogP contribution < -0.4 is 0 Å². The smallest absolute Gasteiger partial charge is 0.138 e. The van der Waals surface area contributed by atoms with Crippen molar-refractivity contribution in [3.8, 4) is 0 Å². The fraction of sp³-hybridized carbons (Fsp3) is 0.900. The molecule has 3 nitrogen and oxygen atoms in total. The zero-order chi connectivity index (χ0) is 24.4. The van der Waals surface area contributed by atoms with Crippen LogP contribution in [0.5, 0.6) is 0 Å². The van der Waals surface area contributed by atoms with Crippen LogP contribution in [0.4, 0.5) is 0 Å². The minimum Gasteiger partial charge on any atom is -0.393 e. The summed E-state index contributed by atoms with van der Waals surface area (Å²) in [5.74, 6) is 1.17. The van der Waals surface area contributed by atoms with Gasteiger partial charge in [0.15, 0.2) is 0 Å². The average molecular weight is 457 g/mol. The lowest BCUT2D eigenvalue weighted by Crippen LogP contribution is -2.68. The summed E-state index contributed by atoms with van der Waals surface area (Å²) in [5, 5.41) is 23.4. The molecule has 0 saturated heterocycles. The van der Waals surface area contributed by atoms with Crippen molar-refractivity contribution in [1.82, 2.24) is 0 Å². The monoisotopic (exact) mass is 456 g/mol. The fourth-order valence-corrected chi connectivity index (χ4v) is 10.6. The summed E-state index contributed by atoms with van der Waals surface area (Å²) in [6.07, 6.45) is 9.34. The summed E-state index contributed by atoms with van der Waals surface area (Å²) >= 11 is 0. The third-order valence-electron chi connectivity index (χ3n) is 12.8. The molecule has 0 radical (unpaired) electrons. The van der Waals surface area contributed by atoms with Crippen molar-refractivity contribution in [1.29, 1.82) is 0 Å². The first-order chi connectivity index (χ1) is 15.0. The van der Waals surface area contributed by atoms with Crippen molar-refractivity contribution in [3.63, 3.8) is 0 Å². The molecule has 0 heterocycles. The van der Waals surface area contributed by atoms with Gasteiger partial charge in [0.2, 0.25) is 0 Å². The molecular formula is C30H48O3. The summed E-state index contributed by atoms with van der Waals surface area (Å²) < 4.78 is 0. The Labute approximate surface area is 201 Å². The molecule has 4 saturated carbocycles. The van der Waals surface area contributed by atoms with E-state index in [0.717, 1.165) is 38.5 Å². The van der Waals surface area contributed by atoms with E-state index in [-0.39, 0.29) is 33.7 Å². The SMILES string of the molecule is CC1(C)CCC2(C)C(O)CC3(C)C(=CCC4C5(C)CCC(=O)C(C)(C)C5C(O)CC43C)C2C1. The predicted molar refractivity (Wildman–Crippen MR) is 132 cm³/mol. The molecule has 5 rings (SSSR count). The molecule has 0 aromatic heterocycles. The van der Waals surface area contributed by atoms with Crippen LogP contribution in [0.1, 0.15) is 107 Å². The molecule has 33 heavy (non-hydrogen) atoms. The molecule has 0 bridgehead atoms. The van der Waals surface area contributed by atoms with Crippen molar-refractivity contribution < 1.29 is 15.0 Å². The van der Waals surface area contributed by atoms with Crippen LogP contribution in [-0.4, -0.2) is 28.2 Å². The molecule has 3 heteroatoms. The maximum Gasteiger partial charge on any atom is 0.138 e. The lowest BCUT2D eigenvalue weighted by Gasteiger charge is -2.72.